The van der Waals surface area contributed by atoms with Crippen LogP contribution in [0.3, 0.4) is 0 Å². The van der Waals surface area contributed by atoms with Crippen molar-refractivity contribution in [2.75, 3.05) is 0 Å². The first-order valence-electron chi connectivity index (χ1n) is 5.14. The number of hydrogen-bond acceptors (Lipinski definition) is 0. The first-order chi connectivity index (χ1) is 9.51. The summed E-state index contributed by atoms with van der Waals surface area (Å²) < 4.78 is 24.8. The van der Waals surface area contributed by atoms with Gasteiger partial charge in [0.2, 0.25) is 5.69 Å². The standard InChI is InChI=1S/C7H3Cl2N.C7H3F2N/c2*1-10-7-5(8)3-2-4-6(7)9/h2*2-4H. The quantitative estimate of drug-likeness (QED) is 0.523. The molecule has 0 amide bonds. The normalized spacial score (nSPS) is 8.90. The fourth-order valence-electron chi connectivity index (χ4n) is 1.19. The van der Waals surface area contributed by atoms with Crippen LogP contribution >= 0.6 is 23.2 Å². The highest BCUT2D eigenvalue weighted by Crippen LogP contribution is 2.32. The van der Waals surface area contributed by atoms with Gasteiger partial charge in [0.05, 0.1) is 13.1 Å². The molecule has 20 heavy (non-hydrogen) atoms. The van der Waals surface area contributed by atoms with E-state index in [1.54, 1.807) is 18.2 Å². The van der Waals surface area contributed by atoms with Crippen molar-refractivity contribution in [1.29, 1.82) is 0 Å². The van der Waals surface area contributed by atoms with Crippen LogP contribution in [0.25, 0.3) is 9.69 Å². The van der Waals surface area contributed by atoms with Crippen molar-refractivity contribution in [3.63, 3.8) is 0 Å². The summed E-state index contributed by atoms with van der Waals surface area (Å²) in [5, 5.41) is 0.810. The van der Waals surface area contributed by atoms with Crippen LogP contribution in [0.1, 0.15) is 0 Å². The van der Waals surface area contributed by atoms with Crippen LogP contribution in [0.2, 0.25) is 10.0 Å². The lowest BCUT2D eigenvalue weighted by Crippen LogP contribution is -1.77. The van der Waals surface area contributed by atoms with E-state index >= 15 is 0 Å². The topological polar surface area (TPSA) is 8.72 Å². The van der Waals surface area contributed by atoms with Crippen LogP contribution in [0.15, 0.2) is 36.4 Å². The maximum Gasteiger partial charge on any atom is 0.256 e. The lowest BCUT2D eigenvalue weighted by molar-refractivity contribution is 0.594. The van der Waals surface area contributed by atoms with Gasteiger partial charge < -0.3 is 0 Å². The third-order valence-electron chi connectivity index (χ3n) is 2.10. The second-order valence-corrected chi connectivity index (χ2v) is 4.18. The molecular weight excluding hydrogens is 305 g/mol. The SMILES string of the molecule is [C-]#[N+]c1c(Cl)cccc1Cl.[C-]#[N+]c1c(F)cccc1F. The van der Waals surface area contributed by atoms with Crippen molar-refractivity contribution in [2.24, 2.45) is 0 Å². The number of halogens is 4. The van der Waals surface area contributed by atoms with Crippen LogP contribution in [0.5, 0.6) is 0 Å². The average Bonchev–Trinajstić information content (AvgIpc) is 2.40. The van der Waals surface area contributed by atoms with E-state index in [4.69, 9.17) is 36.3 Å². The lowest BCUT2D eigenvalue weighted by atomic mass is 10.3. The Labute approximate surface area is 124 Å². The molecule has 0 aliphatic heterocycles. The van der Waals surface area contributed by atoms with E-state index in [1.165, 1.54) is 6.07 Å². The van der Waals surface area contributed by atoms with Gasteiger partial charge in [-0.15, -0.1) is 0 Å². The zero-order valence-corrected chi connectivity index (χ0v) is 11.4. The smallest absolute Gasteiger partial charge is 0.235 e. The molecule has 0 radical (unpaired) electrons. The summed E-state index contributed by atoms with van der Waals surface area (Å²) in [5.74, 6) is -1.62. The molecule has 6 heteroatoms. The molecule has 0 saturated carbocycles. The van der Waals surface area contributed by atoms with Crippen molar-refractivity contribution >= 4 is 34.6 Å². The van der Waals surface area contributed by atoms with Crippen molar-refractivity contribution in [1.82, 2.24) is 0 Å². The van der Waals surface area contributed by atoms with E-state index in [1.807, 2.05) is 0 Å². The number of hydrogen-bond donors (Lipinski definition) is 0. The molecule has 0 saturated heterocycles. The van der Waals surface area contributed by atoms with Gasteiger partial charge >= 0.3 is 0 Å². The van der Waals surface area contributed by atoms with Crippen LogP contribution in [0, 0.1) is 24.8 Å². The zero-order valence-electron chi connectivity index (χ0n) is 9.87. The number of rotatable bonds is 0. The summed E-state index contributed by atoms with van der Waals surface area (Å²) in [5.41, 5.74) is -0.215. The van der Waals surface area contributed by atoms with Gasteiger partial charge in [-0.05, 0) is 12.1 Å². The lowest BCUT2D eigenvalue weighted by Gasteiger charge is -1.94. The minimum absolute atomic E-state index is 0.325. The molecular formula is C14H6Cl2F2N2. The van der Waals surface area contributed by atoms with E-state index in [9.17, 15) is 8.78 Å². The molecule has 0 bridgehead atoms. The molecule has 0 aromatic heterocycles. The predicted octanol–water partition coefficient (Wildman–Crippen LogP) is 6.06. The molecule has 100 valence electrons. The molecule has 0 unspecified atom stereocenters. The first-order valence-corrected chi connectivity index (χ1v) is 5.89. The molecule has 2 aromatic rings. The Morgan fingerprint density at radius 3 is 1.45 bits per heavy atom. The van der Waals surface area contributed by atoms with Gasteiger partial charge in [0, 0.05) is 10.0 Å². The van der Waals surface area contributed by atoms with E-state index in [-0.39, 0.29) is 0 Å². The van der Waals surface area contributed by atoms with Crippen LogP contribution < -0.4 is 0 Å². The predicted molar refractivity (Wildman–Crippen MR) is 75.3 cm³/mol. The number of nitrogens with zero attached hydrogens (tertiary/aromatic N) is 2. The van der Waals surface area contributed by atoms with E-state index in [0.717, 1.165) is 12.1 Å². The fraction of sp³-hybridized carbons (Fsp3) is 0. The Balaban J connectivity index is 0.000000200. The summed E-state index contributed by atoms with van der Waals surface area (Å²) >= 11 is 11.3. The maximum atomic E-state index is 12.4. The van der Waals surface area contributed by atoms with Crippen LogP contribution in [0.4, 0.5) is 20.2 Å². The minimum Gasteiger partial charge on any atom is -0.235 e. The number of para-hydroxylation sites is 2. The average molecular weight is 311 g/mol. The molecule has 2 aromatic carbocycles. The van der Waals surface area contributed by atoms with E-state index in [0.29, 0.717) is 15.7 Å². The summed E-state index contributed by atoms with van der Waals surface area (Å²) in [6.45, 7) is 13.1. The van der Waals surface area contributed by atoms with Crippen LogP contribution in [-0.4, -0.2) is 0 Å². The van der Waals surface area contributed by atoms with Crippen LogP contribution in [-0.2, 0) is 0 Å². The van der Waals surface area contributed by atoms with Crippen molar-refractivity contribution in [3.8, 4) is 0 Å². The summed E-state index contributed by atoms with van der Waals surface area (Å²) in [7, 11) is 0. The van der Waals surface area contributed by atoms with Gasteiger partial charge in [-0.1, -0.05) is 47.5 Å². The van der Waals surface area contributed by atoms with E-state index in [2.05, 4.69) is 9.69 Å². The van der Waals surface area contributed by atoms with Gasteiger partial charge in [0.25, 0.3) is 5.69 Å². The van der Waals surface area contributed by atoms with Gasteiger partial charge in [0.15, 0.2) is 0 Å². The minimum atomic E-state index is -0.810. The monoisotopic (exact) mass is 310 g/mol. The van der Waals surface area contributed by atoms with Crippen molar-refractivity contribution in [2.45, 2.75) is 0 Å². The molecule has 0 spiro atoms. The van der Waals surface area contributed by atoms with Gasteiger partial charge in [-0.2, -0.15) is 0 Å². The second kappa shape index (κ2) is 7.45. The van der Waals surface area contributed by atoms with E-state index < -0.39 is 17.3 Å². The Hall–Kier alpha value is -2.14. The number of benzene rings is 2. The van der Waals surface area contributed by atoms with Gasteiger partial charge in [-0.3, -0.25) is 0 Å². The third kappa shape index (κ3) is 3.93. The maximum absolute atomic E-state index is 12.4. The second-order valence-electron chi connectivity index (χ2n) is 3.36. The Kier molecular flexibility index (Phi) is 5.93. The Morgan fingerprint density at radius 2 is 1.15 bits per heavy atom. The molecule has 0 aliphatic rings. The molecule has 0 fully saturated rings. The molecule has 0 atom stereocenters. The highest BCUT2D eigenvalue weighted by Gasteiger charge is 2.05. The zero-order chi connectivity index (χ0) is 15.1. The fourth-order valence-corrected chi connectivity index (χ4v) is 1.67. The molecule has 0 N–H and O–H groups in total. The Bertz CT molecular complexity index is 601. The molecule has 2 rings (SSSR count). The van der Waals surface area contributed by atoms with Gasteiger partial charge in [0.1, 0.15) is 11.6 Å². The molecule has 0 heterocycles. The summed E-state index contributed by atoms with van der Waals surface area (Å²) in [6.07, 6.45) is 0. The Morgan fingerprint density at radius 1 is 0.750 bits per heavy atom. The van der Waals surface area contributed by atoms with Crippen molar-refractivity contribution in [3.05, 3.63) is 80.9 Å². The third-order valence-corrected chi connectivity index (χ3v) is 2.71. The van der Waals surface area contributed by atoms with Crippen molar-refractivity contribution < 1.29 is 8.78 Å². The largest absolute Gasteiger partial charge is 0.256 e. The molecule has 0 aliphatic carbocycles. The highest BCUT2D eigenvalue weighted by molar-refractivity contribution is 6.39. The highest BCUT2D eigenvalue weighted by atomic mass is 35.5. The first kappa shape index (κ1) is 15.9. The molecule has 2 nitrogen and oxygen atoms in total. The summed E-state index contributed by atoms with van der Waals surface area (Å²) in [4.78, 5) is 5.83. The van der Waals surface area contributed by atoms with Gasteiger partial charge in [-0.25, -0.2) is 18.5 Å². The summed E-state index contributed by atoms with van der Waals surface area (Å²) in [6, 6.07) is 8.31.